The molecule has 7 heterocycles. The van der Waals surface area contributed by atoms with E-state index >= 15 is 0 Å². The normalized spacial score (nSPS) is 41.8. The second kappa shape index (κ2) is 26.8. The van der Waals surface area contributed by atoms with Gasteiger partial charge in [0, 0.05) is 12.3 Å². The fourth-order valence-corrected chi connectivity index (χ4v) is 19.1. The van der Waals surface area contributed by atoms with Crippen LogP contribution < -0.4 is 0 Å². The summed E-state index contributed by atoms with van der Waals surface area (Å²) in [6.45, 7) is 19.3. The summed E-state index contributed by atoms with van der Waals surface area (Å²) in [6, 6.07) is 32.9. The van der Waals surface area contributed by atoms with E-state index in [1.165, 1.54) is 18.4 Å². The fourth-order valence-electron chi connectivity index (χ4n) is 19.1. The van der Waals surface area contributed by atoms with Crippen LogP contribution in [0.25, 0.3) is 0 Å². The number of carbonyl (C=O) groups excluding carboxylic acids is 4. The Balaban J connectivity index is 0.698. The zero-order valence-electron chi connectivity index (χ0n) is 57.5. The van der Waals surface area contributed by atoms with Crippen molar-refractivity contribution >= 4 is 23.9 Å². The molecule has 0 radical (unpaired) electrons. The Bertz CT molecular complexity index is 3540. The predicted molar refractivity (Wildman–Crippen MR) is 350 cm³/mol. The van der Waals surface area contributed by atoms with Gasteiger partial charge in [-0.05, 0) is 175 Å². The number of ether oxygens (including phenoxy) is 16. The Morgan fingerprint density at radius 1 is 0.510 bits per heavy atom. The maximum Gasteiger partial charge on any atom is 0.338 e. The second-order valence-electron chi connectivity index (χ2n) is 30.8. The molecule has 10 fully saturated rings. The van der Waals surface area contributed by atoms with Crippen molar-refractivity contribution in [3.8, 4) is 0 Å². The number of esters is 4. The van der Waals surface area contributed by atoms with Crippen molar-refractivity contribution in [3.05, 3.63) is 155 Å². The summed E-state index contributed by atoms with van der Waals surface area (Å²) in [5, 5.41) is 0. The van der Waals surface area contributed by atoms with Crippen LogP contribution in [0.15, 0.2) is 133 Å². The minimum Gasteiger partial charge on any atom is -0.459 e. The molecular formula is C78H94O20. The zero-order valence-corrected chi connectivity index (χ0v) is 57.5. The Morgan fingerprint density at radius 3 is 1.72 bits per heavy atom. The number of rotatable bonds is 15. The van der Waals surface area contributed by atoms with Gasteiger partial charge in [0.25, 0.3) is 0 Å². The molecule has 15 rings (SSSR count). The van der Waals surface area contributed by atoms with E-state index in [4.69, 9.17) is 75.8 Å². The molecule has 0 unspecified atom stereocenters. The lowest BCUT2D eigenvalue weighted by atomic mass is 9.47. The van der Waals surface area contributed by atoms with Crippen molar-refractivity contribution in [1.82, 2.24) is 0 Å². The molecule has 0 bridgehead atoms. The first kappa shape index (κ1) is 67.8. The van der Waals surface area contributed by atoms with E-state index in [0.29, 0.717) is 35.5 Å². The summed E-state index contributed by atoms with van der Waals surface area (Å²) >= 11 is 0. The van der Waals surface area contributed by atoms with Crippen LogP contribution in [0.1, 0.15) is 162 Å². The van der Waals surface area contributed by atoms with Crippen LogP contribution in [0.4, 0.5) is 0 Å². The molecular weight excluding hydrogens is 1260 g/mol. The lowest BCUT2D eigenvalue weighted by Crippen LogP contribution is -2.66. The highest BCUT2D eigenvalue weighted by Crippen LogP contribution is 2.71. The van der Waals surface area contributed by atoms with Crippen LogP contribution in [0.5, 0.6) is 0 Å². The quantitative estimate of drug-likeness (QED) is 0.0614. The van der Waals surface area contributed by atoms with Crippen molar-refractivity contribution < 1.29 is 95.0 Å². The molecule has 526 valence electrons. The van der Waals surface area contributed by atoms with Crippen LogP contribution in [0, 0.1) is 46.3 Å². The van der Waals surface area contributed by atoms with E-state index in [1.54, 1.807) is 142 Å². The largest absolute Gasteiger partial charge is 0.459 e. The summed E-state index contributed by atoms with van der Waals surface area (Å²) < 4.78 is 108. The Morgan fingerprint density at radius 2 is 1.09 bits per heavy atom. The van der Waals surface area contributed by atoms with Gasteiger partial charge in [0.15, 0.2) is 54.5 Å². The van der Waals surface area contributed by atoms with Gasteiger partial charge in [-0.3, -0.25) is 0 Å². The topological polar surface area (TPSA) is 216 Å². The van der Waals surface area contributed by atoms with Crippen molar-refractivity contribution in [2.45, 2.75) is 236 Å². The van der Waals surface area contributed by atoms with Gasteiger partial charge in [-0.15, -0.1) is 0 Å². The summed E-state index contributed by atoms with van der Waals surface area (Å²) in [5.74, 6) is -2.72. The minimum absolute atomic E-state index is 0.0397. The Hall–Kier alpha value is -5.98. The molecule has 0 N–H and O–H groups in total. The lowest BCUT2D eigenvalue weighted by Gasteiger charge is -2.58. The molecule has 0 aromatic heterocycles. The van der Waals surface area contributed by atoms with Gasteiger partial charge in [0.1, 0.15) is 49.3 Å². The average molecular weight is 1350 g/mol. The molecule has 20 heteroatoms. The number of hydrogen-bond donors (Lipinski definition) is 0. The predicted octanol–water partition coefficient (Wildman–Crippen LogP) is 11.9. The maximum absolute atomic E-state index is 14.6. The third-order valence-electron chi connectivity index (χ3n) is 23.8. The summed E-state index contributed by atoms with van der Waals surface area (Å²) in [7, 11) is 0. The molecule has 20 nitrogen and oxygen atoms in total. The standard InChI is InChI=1S/C78H94O20/c1-43-32-37-78(85-40-43)44(2)58-55(95-78)39-54-52-31-30-50-38-51(33-35-76(50,8)53(52)34-36-77(54,58)9)87-71-64(61-57(42-84-71)94-74(4,5)96-61)93-73-66-63(97-75(6,7)98-66)59(45(3)86-73)92-72-65(91-70(82)49-28-20-13-21-29-49)62(90-69(81)48-26-18-12-19-27-48)60(89-68(80)47-24-16-11-17-25-47)56(88-72)41-83-67(79)46-22-14-10-15-23-46/h10-30,43-45,51-66,71-73H,31-42H2,1-9H3/t43-,44+,45+,51+,52-,53+,54+,55+,56-,57+,58+,59+,60-,61+,62+,63-,64-,65-,66-,71+,72+,73+,76+,77+,78-/m1/s1. The summed E-state index contributed by atoms with van der Waals surface area (Å²) in [4.78, 5) is 57.2. The highest BCUT2D eigenvalue weighted by atomic mass is 16.8. The molecule has 7 saturated heterocycles. The fraction of sp³-hybridized carbons (Fsp3) is 0.615. The monoisotopic (exact) mass is 1350 g/mol. The average Bonchev–Trinajstić information content (AvgIpc) is 1.48. The van der Waals surface area contributed by atoms with Gasteiger partial charge < -0.3 is 75.8 Å². The summed E-state index contributed by atoms with van der Waals surface area (Å²) in [6.07, 6.45) is -4.28. The second-order valence-corrected chi connectivity index (χ2v) is 30.8. The van der Waals surface area contributed by atoms with Crippen molar-refractivity contribution in [1.29, 1.82) is 0 Å². The number of fused-ring (bicyclic) bond motifs is 9. The van der Waals surface area contributed by atoms with E-state index in [9.17, 15) is 19.2 Å². The van der Waals surface area contributed by atoms with E-state index in [-0.39, 0.29) is 51.9 Å². The summed E-state index contributed by atoms with van der Waals surface area (Å²) in [5.41, 5.74) is 2.38. The van der Waals surface area contributed by atoms with E-state index in [0.717, 1.165) is 51.6 Å². The first-order valence-electron chi connectivity index (χ1n) is 35.7. The molecule has 25 atom stereocenters. The van der Waals surface area contributed by atoms with Crippen LogP contribution in [0.2, 0.25) is 0 Å². The molecule has 98 heavy (non-hydrogen) atoms. The van der Waals surface area contributed by atoms with Gasteiger partial charge in [-0.25, -0.2) is 19.2 Å². The zero-order chi connectivity index (χ0) is 68.0. The van der Waals surface area contributed by atoms with Crippen LogP contribution in [-0.4, -0.2) is 159 Å². The number of carbonyl (C=O) groups is 4. The smallest absolute Gasteiger partial charge is 0.338 e. The van der Waals surface area contributed by atoms with Crippen LogP contribution in [-0.2, 0) is 75.8 Å². The van der Waals surface area contributed by atoms with Crippen molar-refractivity contribution in [2.24, 2.45) is 46.3 Å². The van der Waals surface area contributed by atoms with E-state index in [1.807, 2.05) is 13.8 Å². The highest BCUT2D eigenvalue weighted by molar-refractivity contribution is 5.91. The van der Waals surface area contributed by atoms with E-state index < -0.39 is 134 Å². The Kier molecular flexibility index (Phi) is 18.5. The maximum atomic E-state index is 14.6. The number of allylic oxidation sites excluding steroid dienone is 1. The molecule has 11 aliphatic rings. The van der Waals surface area contributed by atoms with Crippen molar-refractivity contribution in [3.63, 3.8) is 0 Å². The number of benzene rings is 4. The van der Waals surface area contributed by atoms with Gasteiger partial charge in [0.05, 0.1) is 53.8 Å². The first-order valence-corrected chi connectivity index (χ1v) is 35.7. The van der Waals surface area contributed by atoms with Gasteiger partial charge >= 0.3 is 23.9 Å². The SMILES string of the molecule is C[C@@H]1CC[C@@]2(OC1)O[C@H]1C[C@H]3[C@@H]4CC=C5C[C@@H](O[C@@H]6OC[C@@H]7OC(C)(C)O[C@@H]7[C@H]6O[C@@H]6O[C@@H](C)[C@H](O[C@@H]7O[C@H](COC(=O)c8ccccc8)[C@@H](OC(=O)c8ccccc8)[C@H](OC(=O)c8ccccc8)[C@H]7OC(=O)c7ccccc7)[C@H]7OC(C)(C)O[C@@H]67)CC[C@]5(C)[C@H]4CC[C@]3(C)[C@H]1[C@@H]2C. The molecule has 4 aromatic rings. The molecule has 0 amide bonds. The highest BCUT2D eigenvalue weighted by Gasteiger charge is 2.69. The molecule has 4 aromatic carbocycles. The van der Waals surface area contributed by atoms with Gasteiger partial charge in [-0.1, -0.05) is 112 Å². The molecule has 1 spiro atoms. The van der Waals surface area contributed by atoms with Crippen LogP contribution >= 0.6 is 0 Å². The molecule has 4 aliphatic carbocycles. The third-order valence-corrected chi connectivity index (χ3v) is 23.8. The molecule has 7 aliphatic heterocycles. The van der Waals surface area contributed by atoms with Gasteiger partial charge in [0.2, 0.25) is 0 Å². The van der Waals surface area contributed by atoms with Crippen LogP contribution in [0.3, 0.4) is 0 Å². The van der Waals surface area contributed by atoms with E-state index in [2.05, 4.69) is 33.8 Å². The minimum atomic E-state index is -1.70. The Labute approximate surface area is 573 Å². The molecule has 3 saturated carbocycles. The third kappa shape index (κ3) is 12.8. The van der Waals surface area contributed by atoms with Crippen molar-refractivity contribution in [2.75, 3.05) is 19.8 Å². The first-order chi connectivity index (χ1) is 47.1. The van der Waals surface area contributed by atoms with Gasteiger partial charge in [-0.2, -0.15) is 0 Å². The number of hydrogen-bond acceptors (Lipinski definition) is 20. The lowest BCUT2D eigenvalue weighted by molar-refractivity contribution is -0.364.